The smallest absolute Gasteiger partial charge is 0.264 e. The molecule has 2 rings (SSSR count). The molecule has 2 aromatic rings. The van der Waals surface area contributed by atoms with Crippen LogP contribution < -0.4 is 21.3 Å². The lowest BCUT2D eigenvalue weighted by Crippen LogP contribution is -2.35. The number of nitrogens with one attached hydrogen (secondary N) is 1. The number of anilines is 1. The third kappa shape index (κ3) is 3.62. The van der Waals surface area contributed by atoms with Crippen molar-refractivity contribution in [2.75, 3.05) is 12.4 Å². The average molecular weight is 329 g/mol. The summed E-state index contributed by atoms with van der Waals surface area (Å²) in [5.74, 6) is -0.598. The zero-order chi connectivity index (χ0) is 17.9. The Balaban J connectivity index is 2.27. The first kappa shape index (κ1) is 17.3. The van der Waals surface area contributed by atoms with Crippen molar-refractivity contribution in [3.8, 4) is 5.75 Å². The standard InChI is InChI=1S/C17H19N3O4/c1-10-7-11(2)20(17(23)15(10)16(18)22)9-14(21)19-12-5-4-6-13(8-12)24-3/h4-8H,9H2,1-3H3,(H2,18,22)(H,19,21). The van der Waals surface area contributed by atoms with E-state index >= 15 is 0 Å². The molecule has 7 nitrogen and oxygen atoms in total. The Hall–Kier alpha value is -3.09. The van der Waals surface area contributed by atoms with E-state index in [4.69, 9.17) is 10.5 Å². The summed E-state index contributed by atoms with van der Waals surface area (Å²) in [4.78, 5) is 36.1. The van der Waals surface area contributed by atoms with Crippen LogP contribution in [0.1, 0.15) is 21.6 Å². The summed E-state index contributed by atoms with van der Waals surface area (Å²) in [6.07, 6.45) is 0. The van der Waals surface area contributed by atoms with Gasteiger partial charge in [-0.2, -0.15) is 0 Å². The summed E-state index contributed by atoms with van der Waals surface area (Å²) in [5.41, 5.74) is 6.20. The lowest BCUT2D eigenvalue weighted by molar-refractivity contribution is -0.116. The molecule has 0 fully saturated rings. The second kappa shape index (κ2) is 6.99. The van der Waals surface area contributed by atoms with Crippen molar-refractivity contribution in [2.45, 2.75) is 20.4 Å². The number of primary amides is 1. The third-order valence-electron chi connectivity index (χ3n) is 3.61. The maximum absolute atomic E-state index is 12.4. The number of aryl methyl sites for hydroxylation is 2. The molecular formula is C17H19N3O4. The van der Waals surface area contributed by atoms with Gasteiger partial charge in [0.25, 0.3) is 11.5 Å². The summed E-state index contributed by atoms with van der Waals surface area (Å²) in [6.45, 7) is 3.11. The van der Waals surface area contributed by atoms with Gasteiger partial charge < -0.3 is 20.4 Å². The minimum absolute atomic E-state index is 0.102. The van der Waals surface area contributed by atoms with E-state index in [0.717, 1.165) is 0 Å². The zero-order valence-electron chi connectivity index (χ0n) is 13.8. The van der Waals surface area contributed by atoms with E-state index in [2.05, 4.69) is 5.32 Å². The summed E-state index contributed by atoms with van der Waals surface area (Å²) in [7, 11) is 1.53. The Kier molecular flexibility index (Phi) is 5.03. The van der Waals surface area contributed by atoms with Crippen molar-refractivity contribution in [1.82, 2.24) is 4.57 Å². The van der Waals surface area contributed by atoms with Gasteiger partial charge in [0.1, 0.15) is 17.9 Å². The summed E-state index contributed by atoms with van der Waals surface area (Å²) in [5, 5.41) is 2.69. The topological polar surface area (TPSA) is 103 Å². The number of methoxy groups -OCH3 is 1. The fourth-order valence-corrected chi connectivity index (χ4v) is 2.47. The summed E-state index contributed by atoms with van der Waals surface area (Å²) < 4.78 is 6.32. The Morgan fingerprint density at radius 1 is 1.25 bits per heavy atom. The number of pyridine rings is 1. The second-order valence-electron chi connectivity index (χ2n) is 5.38. The van der Waals surface area contributed by atoms with Crippen molar-refractivity contribution in [1.29, 1.82) is 0 Å². The molecule has 126 valence electrons. The minimum atomic E-state index is -0.806. The van der Waals surface area contributed by atoms with Gasteiger partial charge in [-0.3, -0.25) is 14.4 Å². The number of nitrogens with zero attached hydrogens (tertiary/aromatic N) is 1. The molecule has 0 atom stereocenters. The third-order valence-corrected chi connectivity index (χ3v) is 3.61. The molecular weight excluding hydrogens is 310 g/mol. The number of nitrogens with two attached hydrogens (primary N) is 1. The van der Waals surface area contributed by atoms with Crippen molar-refractivity contribution in [2.24, 2.45) is 5.73 Å². The minimum Gasteiger partial charge on any atom is -0.497 e. The molecule has 7 heteroatoms. The molecule has 0 radical (unpaired) electrons. The summed E-state index contributed by atoms with van der Waals surface area (Å²) in [6, 6.07) is 8.52. The highest BCUT2D eigenvalue weighted by atomic mass is 16.5. The number of amides is 2. The number of hydrogen-bond donors (Lipinski definition) is 2. The fourth-order valence-electron chi connectivity index (χ4n) is 2.47. The highest BCUT2D eigenvalue weighted by molar-refractivity contribution is 5.94. The van der Waals surface area contributed by atoms with E-state index in [1.807, 2.05) is 0 Å². The molecule has 0 unspecified atom stereocenters. The molecule has 2 amide bonds. The van der Waals surface area contributed by atoms with Crippen LogP contribution >= 0.6 is 0 Å². The molecule has 24 heavy (non-hydrogen) atoms. The van der Waals surface area contributed by atoms with Crippen LogP contribution in [0.15, 0.2) is 35.1 Å². The Morgan fingerprint density at radius 2 is 1.96 bits per heavy atom. The SMILES string of the molecule is COc1cccc(NC(=O)Cn2c(C)cc(C)c(C(N)=O)c2=O)c1. The number of benzene rings is 1. The van der Waals surface area contributed by atoms with Gasteiger partial charge in [0, 0.05) is 17.4 Å². The van der Waals surface area contributed by atoms with Crippen LogP contribution in [0.5, 0.6) is 5.75 Å². The normalized spacial score (nSPS) is 10.3. The highest BCUT2D eigenvalue weighted by Crippen LogP contribution is 2.16. The Labute approximate surface area is 139 Å². The Bertz CT molecular complexity index is 855. The first-order chi connectivity index (χ1) is 11.3. The average Bonchev–Trinajstić information content (AvgIpc) is 2.51. The molecule has 3 N–H and O–H groups in total. The van der Waals surface area contributed by atoms with Gasteiger partial charge in [0.2, 0.25) is 5.91 Å². The molecule has 1 aromatic carbocycles. The first-order valence-corrected chi connectivity index (χ1v) is 7.28. The van der Waals surface area contributed by atoms with Gasteiger partial charge in [-0.25, -0.2) is 0 Å². The fraction of sp³-hybridized carbons (Fsp3) is 0.235. The molecule has 0 saturated heterocycles. The lowest BCUT2D eigenvalue weighted by Gasteiger charge is -2.13. The maximum atomic E-state index is 12.4. The number of rotatable bonds is 5. The quantitative estimate of drug-likeness (QED) is 0.860. The van der Waals surface area contributed by atoms with Crippen molar-refractivity contribution >= 4 is 17.5 Å². The van der Waals surface area contributed by atoms with Gasteiger partial charge in [0.15, 0.2) is 0 Å². The van der Waals surface area contributed by atoms with Crippen molar-refractivity contribution in [3.63, 3.8) is 0 Å². The predicted molar refractivity (Wildman–Crippen MR) is 90.3 cm³/mol. The van der Waals surface area contributed by atoms with Gasteiger partial charge in [-0.05, 0) is 37.6 Å². The molecule has 1 heterocycles. The van der Waals surface area contributed by atoms with Crippen LogP contribution in [0.3, 0.4) is 0 Å². The lowest BCUT2D eigenvalue weighted by atomic mass is 10.1. The highest BCUT2D eigenvalue weighted by Gasteiger charge is 2.16. The molecule has 0 aliphatic carbocycles. The molecule has 0 spiro atoms. The van der Waals surface area contributed by atoms with Crippen LogP contribution in [-0.4, -0.2) is 23.5 Å². The van der Waals surface area contributed by atoms with Crippen molar-refractivity contribution < 1.29 is 14.3 Å². The summed E-state index contributed by atoms with van der Waals surface area (Å²) >= 11 is 0. The van der Waals surface area contributed by atoms with E-state index in [9.17, 15) is 14.4 Å². The van der Waals surface area contributed by atoms with Crippen LogP contribution in [0.2, 0.25) is 0 Å². The molecule has 0 aliphatic heterocycles. The van der Waals surface area contributed by atoms with E-state index < -0.39 is 17.4 Å². The van der Waals surface area contributed by atoms with Crippen LogP contribution in [0.25, 0.3) is 0 Å². The molecule has 0 saturated carbocycles. The second-order valence-corrected chi connectivity index (χ2v) is 5.38. The molecule has 0 bridgehead atoms. The largest absolute Gasteiger partial charge is 0.497 e. The number of carbonyl (C=O) groups excluding carboxylic acids is 2. The first-order valence-electron chi connectivity index (χ1n) is 7.28. The van der Waals surface area contributed by atoms with E-state index in [1.165, 1.54) is 11.7 Å². The zero-order valence-corrected chi connectivity index (χ0v) is 13.8. The van der Waals surface area contributed by atoms with Crippen LogP contribution in [0, 0.1) is 13.8 Å². The molecule has 0 aliphatic rings. The number of carbonyl (C=O) groups is 2. The van der Waals surface area contributed by atoms with E-state index in [-0.39, 0.29) is 12.1 Å². The number of hydrogen-bond acceptors (Lipinski definition) is 4. The van der Waals surface area contributed by atoms with Gasteiger partial charge in [0.05, 0.1) is 7.11 Å². The number of ether oxygens (including phenoxy) is 1. The predicted octanol–water partition coefficient (Wildman–Crippen LogP) is 1.21. The van der Waals surface area contributed by atoms with Gasteiger partial charge in [-0.1, -0.05) is 6.07 Å². The maximum Gasteiger partial charge on any atom is 0.264 e. The van der Waals surface area contributed by atoms with Crippen molar-refractivity contribution in [3.05, 3.63) is 57.5 Å². The number of aromatic nitrogens is 1. The van der Waals surface area contributed by atoms with Gasteiger partial charge in [-0.15, -0.1) is 0 Å². The van der Waals surface area contributed by atoms with Gasteiger partial charge >= 0.3 is 0 Å². The molecule has 1 aromatic heterocycles. The monoisotopic (exact) mass is 329 g/mol. The van der Waals surface area contributed by atoms with E-state index in [0.29, 0.717) is 22.7 Å². The van der Waals surface area contributed by atoms with Crippen LogP contribution in [-0.2, 0) is 11.3 Å². The van der Waals surface area contributed by atoms with Crippen LogP contribution in [0.4, 0.5) is 5.69 Å². The Morgan fingerprint density at radius 3 is 2.58 bits per heavy atom. The van der Waals surface area contributed by atoms with E-state index in [1.54, 1.807) is 44.2 Å².